The predicted molar refractivity (Wildman–Crippen MR) is 75.9 cm³/mol. The van der Waals surface area contributed by atoms with Gasteiger partial charge in [0.2, 0.25) is 0 Å². The van der Waals surface area contributed by atoms with Gasteiger partial charge in [-0.3, -0.25) is 4.98 Å². The first kappa shape index (κ1) is 11.2. The number of rotatable bonds is 3. The van der Waals surface area contributed by atoms with Crippen LogP contribution in [0.5, 0.6) is 0 Å². The number of nitrogens with zero attached hydrogens (tertiary/aromatic N) is 2. The molecule has 0 unspecified atom stereocenters. The van der Waals surface area contributed by atoms with E-state index in [1.807, 2.05) is 30.8 Å². The van der Waals surface area contributed by atoms with Gasteiger partial charge in [0.25, 0.3) is 0 Å². The van der Waals surface area contributed by atoms with Crippen LogP contribution in [0.3, 0.4) is 0 Å². The van der Waals surface area contributed by atoms with Gasteiger partial charge in [-0.25, -0.2) is 4.98 Å². The van der Waals surface area contributed by atoms with Gasteiger partial charge in [-0.2, -0.15) is 0 Å². The quantitative estimate of drug-likeness (QED) is 0.777. The van der Waals surface area contributed by atoms with E-state index in [0.29, 0.717) is 0 Å². The Balaban J connectivity index is 1.81. The molecule has 0 spiro atoms. The highest BCUT2D eigenvalue weighted by molar-refractivity contribution is 7.09. The van der Waals surface area contributed by atoms with Gasteiger partial charge in [0.05, 0.1) is 23.3 Å². The Morgan fingerprint density at radius 1 is 1.22 bits per heavy atom. The predicted octanol–water partition coefficient (Wildman–Crippen LogP) is 3.61. The van der Waals surface area contributed by atoms with Crippen molar-refractivity contribution in [2.75, 3.05) is 5.32 Å². The number of aryl methyl sites for hydroxylation is 1. The average Bonchev–Trinajstić information content (AvgIpc) is 2.82. The zero-order valence-electron chi connectivity index (χ0n) is 10.1. The molecule has 18 heavy (non-hydrogen) atoms. The minimum absolute atomic E-state index is 0.822. The molecule has 2 heterocycles. The first-order chi connectivity index (χ1) is 8.83. The van der Waals surface area contributed by atoms with Crippen molar-refractivity contribution < 1.29 is 0 Å². The van der Waals surface area contributed by atoms with Gasteiger partial charge in [0, 0.05) is 22.1 Å². The maximum atomic E-state index is 4.31. The SMILES string of the molecule is Cc1ncsc1CNc1ccc2ncccc2c1. The van der Waals surface area contributed by atoms with Gasteiger partial charge in [-0.15, -0.1) is 11.3 Å². The van der Waals surface area contributed by atoms with Crippen LogP contribution in [-0.4, -0.2) is 9.97 Å². The molecule has 0 amide bonds. The summed E-state index contributed by atoms with van der Waals surface area (Å²) >= 11 is 1.69. The van der Waals surface area contributed by atoms with Crippen molar-refractivity contribution in [3.05, 3.63) is 52.6 Å². The number of benzene rings is 1. The van der Waals surface area contributed by atoms with Crippen LogP contribution in [0, 0.1) is 6.92 Å². The molecule has 0 aliphatic heterocycles. The van der Waals surface area contributed by atoms with Crippen molar-refractivity contribution in [3.63, 3.8) is 0 Å². The second-order valence-electron chi connectivity index (χ2n) is 4.13. The third-order valence-electron chi connectivity index (χ3n) is 2.90. The molecule has 0 aliphatic rings. The van der Waals surface area contributed by atoms with Crippen LogP contribution in [0.15, 0.2) is 42.0 Å². The van der Waals surface area contributed by atoms with E-state index in [1.54, 1.807) is 11.3 Å². The zero-order chi connectivity index (χ0) is 12.4. The van der Waals surface area contributed by atoms with Crippen molar-refractivity contribution in [1.29, 1.82) is 0 Å². The van der Waals surface area contributed by atoms with Crippen LogP contribution in [0.1, 0.15) is 10.6 Å². The van der Waals surface area contributed by atoms with Crippen molar-refractivity contribution in [2.45, 2.75) is 13.5 Å². The fourth-order valence-corrected chi connectivity index (χ4v) is 2.58. The van der Waals surface area contributed by atoms with E-state index in [1.165, 1.54) is 4.88 Å². The van der Waals surface area contributed by atoms with Crippen LogP contribution in [0.4, 0.5) is 5.69 Å². The van der Waals surface area contributed by atoms with E-state index in [4.69, 9.17) is 0 Å². The van der Waals surface area contributed by atoms with Crippen LogP contribution in [-0.2, 0) is 6.54 Å². The van der Waals surface area contributed by atoms with E-state index >= 15 is 0 Å². The number of thiazole rings is 1. The van der Waals surface area contributed by atoms with Gasteiger partial charge in [0.1, 0.15) is 0 Å². The molecule has 0 aliphatic carbocycles. The smallest absolute Gasteiger partial charge is 0.0798 e. The van der Waals surface area contributed by atoms with Gasteiger partial charge in [-0.1, -0.05) is 6.07 Å². The minimum atomic E-state index is 0.822. The normalized spacial score (nSPS) is 10.7. The largest absolute Gasteiger partial charge is 0.380 e. The molecule has 0 saturated heterocycles. The van der Waals surface area contributed by atoms with Crippen molar-refractivity contribution >= 4 is 27.9 Å². The summed E-state index contributed by atoms with van der Waals surface area (Å²) in [6.45, 7) is 2.86. The molecule has 3 nitrogen and oxygen atoms in total. The lowest BCUT2D eigenvalue weighted by molar-refractivity contribution is 1.12. The Hall–Kier alpha value is -1.94. The summed E-state index contributed by atoms with van der Waals surface area (Å²) in [6.07, 6.45) is 1.82. The number of anilines is 1. The van der Waals surface area contributed by atoms with E-state index in [9.17, 15) is 0 Å². The second kappa shape index (κ2) is 4.74. The summed E-state index contributed by atoms with van der Waals surface area (Å²) in [7, 11) is 0. The molecule has 1 aromatic carbocycles. The monoisotopic (exact) mass is 255 g/mol. The lowest BCUT2D eigenvalue weighted by atomic mass is 10.2. The van der Waals surface area contributed by atoms with E-state index in [-0.39, 0.29) is 0 Å². The molecule has 3 aromatic rings. The van der Waals surface area contributed by atoms with E-state index in [0.717, 1.165) is 28.8 Å². The number of hydrogen-bond acceptors (Lipinski definition) is 4. The molecule has 2 aromatic heterocycles. The maximum absolute atomic E-state index is 4.31. The van der Waals surface area contributed by atoms with Gasteiger partial charge in [0.15, 0.2) is 0 Å². The highest BCUT2D eigenvalue weighted by Gasteiger charge is 2.01. The second-order valence-corrected chi connectivity index (χ2v) is 5.06. The summed E-state index contributed by atoms with van der Waals surface area (Å²) in [4.78, 5) is 9.84. The third kappa shape index (κ3) is 2.19. The van der Waals surface area contributed by atoms with E-state index < -0.39 is 0 Å². The molecule has 0 saturated carbocycles. The molecule has 90 valence electrons. The Kier molecular flexibility index (Phi) is 2.94. The Bertz CT molecular complexity index is 675. The van der Waals surface area contributed by atoms with E-state index in [2.05, 4.69) is 33.5 Å². The minimum Gasteiger partial charge on any atom is -0.380 e. The first-order valence-corrected chi connectivity index (χ1v) is 6.68. The lowest BCUT2D eigenvalue weighted by Crippen LogP contribution is -1.98. The van der Waals surface area contributed by atoms with Crippen LogP contribution in [0.2, 0.25) is 0 Å². The fourth-order valence-electron chi connectivity index (χ4n) is 1.86. The Morgan fingerprint density at radius 2 is 2.17 bits per heavy atom. The van der Waals surface area contributed by atoms with Gasteiger partial charge >= 0.3 is 0 Å². The highest BCUT2D eigenvalue weighted by Crippen LogP contribution is 2.19. The average molecular weight is 255 g/mol. The third-order valence-corrected chi connectivity index (χ3v) is 3.84. The molecule has 0 atom stereocenters. The van der Waals surface area contributed by atoms with Crippen molar-refractivity contribution in [3.8, 4) is 0 Å². The summed E-state index contributed by atoms with van der Waals surface area (Å²) in [5, 5.41) is 4.58. The zero-order valence-corrected chi connectivity index (χ0v) is 10.9. The summed E-state index contributed by atoms with van der Waals surface area (Å²) in [5.74, 6) is 0. The lowest BCUT2D eigenvalue weighted by Gasteiger charge is -2.06. The highest BCUT2D eigenvalue weighted by atomic mass is 32.1. The molecule has 3 rings (SSSR count). The van der Waals surface area contributed by atoms with Crippen LogP contribution >= 0.6 is 11.3 Å². The van der Waals surface area contributed by atoms with Crippen LogP contribution in [0.25, 0.3) is 10.9 Å². The summed E-state index contributed by atoms with van der Waals surface area (Å²) in [6, 6.07) is 10.3. The van der Waals surface area contributed by atoms with Gasteiger partial charge < -0.3 is 5.32 Å². The molecule has 4 heteroatoms. The summed E-state index contributed by atoms with van der Waals surface area (Å²) < 4.78 is 0. The van der Waals surface area contributed by atoms with Crippen molar-refractivity contribution in [1.82, 2.24) is 9.97 Å². The number of hydrogen-bond donors (Lipinski definition) is 1. The standard InChI is InChI=1S/C14H13N3S/c1-10-14(18-9-17-10)8-16-12-4-5-13-11(7-12)3-2-6-15-13/h2-7,9,16H,8H2,1H3. The number of aromatic nitrogens is 2. The molecule has 1 N–H and O–H groups in total. The summed E-state index contributed by atoms with van der Waals surface area (Å²) in [5.41, 5.74) is 5.13. The molecule has 0 bridgehead atoms. The molecule has 0 fully saturated rings. The fraction of sp³-hybridized carbons (Fsp3) is 0.143. The number of pyridine rings is 1. The number of fused-ring (bicyclic) bond motifs is 1. The van der Waals surface area contributed by atoms with Crippen molar-refractivity contribution in [2.24, 2.45) is 0 Å². The first-order valence-electron chi connectivity index (χ1n) is 5.80. The molecule has 0 radical (unpaired) electrons. The molecular weight excluding hydrogens is 242 g/mol. The Labute approximate surface area is 110 Å². The number of nitrogens with one attached hydrogen (secondary N) is 1. The van der Waals surface area contributed by atoms with Gasteiger partial charge in [-0.05, 0) is 31.2 Å². The maximum Gasteiger partial charge on any atom is 0.0798 e. The Morgan fingerprint density at radius 3 is 3.00 bits per heavy atom. The molecular formula is C14H13N3S. The topological polar surface area (TPSA) is 37.8 Å². The van der Waals surface area contributed by atoms with Crippen LogP contribution < -0.4 is 5.32 Å².